The van der Waals surface area contributed by atoms with Gasteiger partial charge >= 0.3 is 5.97 Å². The van der Waals surface area contributed by atoms with Gasteiger partial charge in [0, 0.05) is 12.6 Å². The molecule has 1 N–H and O–H groups in total. The Hall–Kier alpha value is -1.35. The van der Waals surface area contributed by atoms with Crippen molar-refractivity contribution in [2.75, 3.05) is 0 Å². The number of hydrogen-bond donors (Lipinski definition) is 1. The Balaban J connectivity index is 1.90. The number of rotatable bonds is 4. The first-order chi connectivity index (χ1) is 9.20. The van der Waals surface area contributed by atoms with Crippen LogP contribution >= 0.6 is 0 Å². The zero-order chi connectivity index (χ0) is 13.4. The van der Waals surface area contributed by atoms with Crippen molar-refractivity contribution < 1.29 is 9.90 Å². The van der Waals surface area contributed by atoms with Crippen molar-refractivity contribution in [3.63, 3.8) is 0 Å². The molecule has 1 heterocycles. The molecule has 2 unspecified atom stereocenters. The van der Waals surface area contributed by atoms with Gasteiger partial charge in [0.25, 0.3) is 0 Å². The van der Waals surface area contributed by atoms with Gasteiger partial charge in [0.05, 0.1) is 0 Å². The van der Waals surface area contributed by atoms with Gasteiger partial charge in [0.2, 0.25) is 0 Å². The van der Waals surface area contributed by atoms with Gasteiger partial charge in [-0.3, -0.25) is 9.69 Å². The van der Waals surface area contributed by atoms with Crippen molar-refractivity contribution in [1.82, 2.24) is 4.90 Å². The van der Waals surface area contributed by atoms with Gasteiger partial charge in [-0.1, -0.05) is 31.2 Å². The molecule has 3 heteroatoms. The van der Waals surface area contributed by atoms with Crippen LogP contribution in [0.15, 0.2) is 24.3 Å². The van der Waals surface area contributed by atoms with E-state index in [-0.39, 0.29) is 6.04 Å². The van der Waals surface area contributed by atoms with Crippen molar-refractivity contribution >= 4 is 5.97 Å². The smallest absolute Gasteiger partial charge is 0.321 e. The third-order valence-corrected chi connectivity index (χ3v) is 4.58. The van der Waals surface area contributed by atoms with Crippen molar-refractivity contribution in [3.05, 3.63) is 35.4 Å². The van der Waals surface area contributed by atoms with Gasteiger partial charge < -0.3 is 5.11 Å². The van der Waals surface area contributed by atoms with Crippen LogP contribution in [0.1, 0.15) is 37.3 Å². The number of nitrogens with zero attached hydrogens (tertiary/aromatic N) is 1. The zero-order valence-corrected chi connectivity index (χ0v) is 11.4. The lowest BCUT2D eigenvalue weighted by Crippen LogP contribution is -2.51. The number of hydrogen-bond acceptors (Lipinski definition) is 2. The lowest BCUT2D eigenvalue weighted by atomic mass is 9.91. The quantitative estimate of drug-likeness (QED) is 0.903. The van der Waals surface area contributed by atoms with Crippen LogP contribution in [-0.2, 0) is 17.8 Å². The molecule has 0 bridgehead atoms. The van der Waals surface area contributed by atoms with Gasteiger partial charge in [-0.25, -0.2) is 0 Å². The molecule has 1 aliphatic heterocycles. The molecule has 19 heavy (non-hydrogen) atoms. The number of fused-ring (bicyclic) bond motifs is 1. The standard InChI is InChI=1S/C16H21NO2/c1-2-14(11-7-8-11)17-10-13-6-4-3-5-12(13)9-15(17)16(18)19/h3-6,11,14-15H,2,7-10H2,1H3,(H,18,19). The maximum atomic E-state index is 11.6. The van der Waals surface area contributed by atoms with Gasteiger partial charge in [-0.2, -0.15) is 0 Å². The Morgan fingerprint density at radius 2 is 2.05 bits per heavy atom. The fraction of sp³-hybridized carbons (Fsp3) is 0.562. The summed E-state index contributed by atoms with van der Waals surface area (Å²) >= 11 is 0. The van der Waals surface area contributed by atoms with E-state index in [0.717, 1.165) is 18.9 Å². The van der Waals surface area contributed by atoms with E-state index in [1.807, 2.05) is 6.07 Å². The summed E-state index contributed by atoms with van der Waals surface area (Å²) in [7, 11) is 0. The van der Waals surface area contributed by atoms with Crippen molar-refractivity contribution in [1.29, 1.82) is 0 Å². The van der Waals surface area contributed by atoms with E-state index in [9.17, 15) is 9.90 Å². The van der Waals surface area contributed by atoms with Crippen LogP contribution < -0.4 is 0 Å². The Labute approximate surface area is 114 Å². The van der Waals surface area contributed by atoms with Gasteiger partial charge in [0.1, 0.15) is 6.04 Å². The SMILES string of the molecule is CCC(C1CC1)N1Cc2ccccc2CC1C(=O)O. The number of carbonyl (C=O) groups is 1. The number of aliphatic carboxylic acids is 1. The van der Waals surface area contributed by atoms with Crippen LogP contribution in [0.25, 0.3) is 0 Å². The molecule has 0 aromatic heterocycles. The van der Waals surface area contributed by atoms with Crippen molar-refractivity contribution in [3.8, 4) is 0 Å². The summed E-state index contributed by atoms with van der Waals surface area (Å²) in [5, 5.41) is 9.54. The molecule has 3 nitrogen and oxygen atoms in total. The van der Waals surface area contributed by atoms with E-state index in [2.05, 4.69) is 30.0 Å². The second-order valence-electron chi connectivity index (χ2n) is 5.81. The highest BCUT2D eigenvalue weighted by Crippen LogP contribution is 2.39. The molecule has 1 fully saturated rings. The maximum Gasteiger partial charge on any atom is 0.321 e. The molecule has 1 aromatic carbocycles. The molecule has 0 saturated heterocycles. The Bertz CT molecular complexity index is 481. The van der Waals surface area contributed by atoms with Crippen molar-refractivity contribution in [2.24, 2.45) is 5.92 Å². The average molecular weight is 259 g/mol. The van der Waals surface area contributed by atoms with Crippen LogP contribution in [0.2, 0.25) is 0 Å². The molecule has 0 amide bonds. The topological polar surface area (TPSA) is 40.5 Å². The molecular weight excluding hydrogens is 238 g/mol. The van der Waals surface area contributed by atoms with E-state index in [1.165, 1.54) is 24.0 Å². The predicted molar refractivity (Wildman–Crippen MR) is 73.9 cm³/mol. The van der Waals surface area contributed by atoms with Crippen LogP contribution in [0.5, 0.6) is 0 Å². The lowest BCUT2D eigenvalue weighted by Gasteiger charge is -2.40. The summed E-state index contributed by atoms with van der Waals surface area (Å²) in [4.78, 5) is 13.8. The molecule has 102 valence electrons. The fourth-order valence-electron chi connectivity index (χ4n) is 3.44. The first-order valence-corrected chi connectivity index (χ1v) is 7.26. The molecule has 1 saturated carbocycles. The molecule has 0 radical (unpaired) electrons. The summed E-state index contributed by atoms with van der Waals surface area (Å²) in [5.74, 6) is 0.0470. The Morgan fingerprint density at radius 3 is 2.63 bits per heavy atom. The number of benzene rings is 1. The molecule has 2 aliphatic rings. The second kappa shape index (κ2) is 4.97. The first kappa shape index (κ1) is 12.7. The highest BCUT2D eigenvalue weighted by molar-refractivity contribution is 5.74. The van der Waals surface area contributed by atoms with Crippen molar-refractivity contribution in [2.45, 2.75) is 51.2 Å². The average Bonchev–Trinajstić information content (AvgIpc) is 3.23. The minimum absolute atomic E-state index is 0.347. The van der Waals surface area contributed by atoms with E-state index in [0.29, 0.717) is 12.5 Å². The highest BCUT2D eigenvalue weighted by Gasteiger charge is 2.41. The number of carboxylic acids is 1. The van der Waals surface area contributed by atoms with Gasteiger partial charge in [0.15, 0.2) is 0 Å². The third-order valence-electron chi connectivity index (χ3n) is 4.58. The van der Waals surface area contributed by atoms with Crippen LogP contribution in [0, 0.1) is 5.92 Å². The lowest BCUT2D eigenvalue weighted by molar-refractivity contribution is -0.145. The summed E-state index contributed by atoms with van der Waals surface area (Å²) in [6, 6.07) is 8.36. The van der Waals surface area contributed by atoms with Crippen LogP contribution in [0.4, 0.5) is 0 Å². The molecule has 1 aromatic rings. The molecule has 3 rings (SSSR count). The predicted octanol–water partition coefficient (Wildman–Crippen LogP) is 2.69. The maximum absolute atomic E-state index is 11.6. The summed E-state index contributed by atoms with van der Waals surface area (Å²) in [5.41, 5.74) is 2.51. The minimum Gasteiger partial charge on any atom is -0.480 e. The highest BCUT2D eigenvalue weighted by atomic mass is 16.4. The Morgan fingerprint density at radius 1 is 1.37 bits per heavy atom. The molecule has 1 aliphatic carbocycles. The fourth-order valence-corrected chi connectivity index (χ4v) is 3.44. The van der Waals surface area contributed by atoms with E-state index >= 15 is 0 Å². The van der Waals surface area contributed by atoms with Crippen LogP contribution in [0.3, 0.4) is 0 Å². The third kappa shape index (κ3) is 2.39. The monoisotopic (exact) mass is 259 g/mol. The summed E-state index contributed by atoms with van der Waals surface area (Å²) < 4.78 is 0. The summed E-state index contributed by atoms with van der Waals surface area (Å²) in [6.07, 6.45) is 4.23. The molecular formula is C16H21NO2. The van der Waals surface area contributed by atoms with E-state index in [1.54, 1.807) is 0 Å². The number of carboxylic acid groups (broad SMARTS) is 1. The van der Waals surface area contributed by atoms with Gasteiger partial charge in [-0.15, -0.1) is 0 Å². The van der Waals surface area contributed by atoms with Crippen LogP contribution in [-0.4, -0.2) is 28.1 Å². The molecule has 0 spiro atoms. The van der Waals surface area contributed by atoms with E-state index in [4.69, 9.17) is 0 Å². The zero-order valence-electron chi connectivity index (χ0n) is 11.4. The minimum atomic E-state index is -0.673. The second-order valence-corrected chi connectivity index (χ2v) is 5.81. The largest absolute Gasteiger partial charge is 0.480 e. The van der Waals surface area contributed by atoms with E-state index < -0.39 is 5.97 Å². The first-order valence-electron chi connectivity index (χ1n) is 7.26. The van der Waals surface area contributed by atoms with Gasteiger partial charge in [-0.05, 0) is 42.7 Å². The summed E-state index contributed by atoms with van der Waals surface area (Å²) in [6.45, 7) is 2.98. The molecule has 2 atom stereocenters. The normalized spacial score (nSPS) is 24.8. The Kier molecular flexibility index (Phi) is 3.31.